The maximum Gasteiger partial charge on any atom is 0.236 e. The minimum Gasteiger partial charge on any atom is -0.454 e. The number of nitrogens with zero attached hydrogens (tertiary/aromatic N) is 2. The number of anilines is 1. The van der Waals surface area contributed by atoms with E-state index in [1.165, 1.54) is 11.3 Å². The first kappa shape index (κ1) is 29.9. The third-order valence-corrected chi connectivity index (χ3v) is 15.4. The number of halogens is 2. The number of ether oxygens (including phenoxy) is 2. The summed E-state index contributed by atoms with van der Waals surface area (Å²) in [6, 6.07) is 11.5. The van der Waals surface area contributed by atoms with Gasteiger partial charge in [-0.2, -0.15) is 0 Å². The summed E-state index contributed by atoms with van der Waals surface area (Å²) < 4.78 is 17.8. The molecule has 7 nitrogen and oxygen atoms in total. The SMILES string of the molecule is CC(C)(C)[Si](C)(C)O[C@@H]1CCN([C@@H](c2ccc(Cl)c(Cl)c2)c2cnc(NC(=O)C3(c4ccc5c(c4)OCO5)CC3)s2)C1. The van der Waals surface area contributed by atoms with Crippen LogP contribution in [-0.4, -0.2) is 50.1 Å². The largest absolute Gasteiger partial charge is 0.454 e. The van der Waals surface area contributed by atoms with E-state index in [1.807, 2.05) is 42.6 Å². The Morgan fingerprint density at radius 1 is 1.14 bits per heavy atom. The standard InChI is InChI=1S/C31H37Cl2N3O4SSi/c1-30(2,3)42(4,5)40-21-10-13-36(17-21)27(19-6-8-22(32)23(33)14-19)26-16-34-29(41-26)35-28(37)31(11-12-31)20-7-9-24-25(15-20)39-18-38-24/h6-9,14-16,21,27H,10-13,17-18H2,1-5H3,(H,34,35,37)/t21-,27+/m1/s1. The van der Waals surface area contributed by atoms with Crippen LogP contribution >= 0.6 is 34.5 Å². The first-order valence-electron chi connectivity index (χ1n) is 14.4. The normalized spacial score (nSPS) is 20.5. The van der Waals surface area contributed by atoms with Gasteiger partial charge in [0.2, 0.25) is 12.7 Å². The van der Waals surface area contributed by atoms with Crippen molar-refractivity contribution in [1.29, 1.82) is 0 Å². The Balaban J connectivity index is 1.22. The van der Waals surface area contributed by atoms with Crippen molar-refractivity contribution in [3.63, 3.8) is 0 Å². The highest BCUT2D eigenvalue weighted by Crippen LogP contribution is 2.51. The van der Waals surface area contributed by atoms with Gasteiger partial charge in [0.15, 0.2) is 24.9 Å². The number of benzene rings is 2. The molecule has 2 aliphatic heterocycles. The van der Waals surface area contributed by atoms with Gasteiger partial charge in [0.25, 0.3) is 0 Å². The summed E-state index contributed by atoms with van der Waals surface area (Å²) in [6.07, 6.45) is 4.57. The number of fused-ring (bicyclic) bond motifs is 1. The molecule has 1 aromatic heterocycles. The van der Waals surface area contributed by atoms with Crippen molar-refractivity contribution in [3.8, 4) is 11.5 Å². The second kappa shape index (κ2) is 11.1. The number of hydrogen-bond acceptors (Lipinski definition) is 7. The summed E-state index contributed by atoms with van der Waals surface area (Å²) in [5.41, 5.74) is 1.41. The molecule has 42 heavy (non-hydrogen) atoms. The van der Waals surface area contributed by atoms with E-state index in [0.29, 0.717) is 26.7 Å². The van der Waals surface area contributed by atoms with Crippen LogP contribution in [0.25, 0.3) is 0 Å². The molecule has 6 rings (SSSR count). The van der Waals surface area contributed by atoms with Crippen LogP contribution in [0.1, 0.15) is 62.1 Å². The molecule has 0 unspecified atom stereocenters. The summed E-state index contributed by atoms with van der Waals surface area (Å²) in [5, 5.41) is 4.89. The second-order valence-electron chi connectivity index (χ2n) is 13.0. The molecule has 0 bridgehead atoms. The lowest BCUT2D eigenvalue weighted by molar-refractivity contribution is -0.118. The van der Waals surface area contributed by atoms with E-state index in [1.54, 1.807) is 0 Å². The smallest absolute Gasteiger partial charge is 0.236 e. The van der Waals surface area contributed by atoms with Crippen LogP contribution in [0.4, 0.5) is 5.13 Å². The second-order valence-corrected chi connectivity index (χ2v) is 19.7. The van der Waals surface area contributed by atoms with Crippen LogP contribution in [0.15, 0.2) is 42.6 Å². The minimum absolute atomic E-state index is 0.0441. The lowest BCUT2D eigenvalue weighted by Gasteiger charge is -2.38. The van der Waals surface area contributed by atoms with Gasteiger partial charge in [0.1, 0.15) is 0 Å². The lowest BCUT2D eigenvalue weighted by atomic mass is 9.94. The van der Waals surface area contributed by atoms with Crippen molar-refractivity contribution in [2.24, 2.45) is 0 Å². The van der Waals surface area contributed by atoms with Crippen LogP contribution in [0, 0.1) is 0 Å². The van der Waals surface area contributed by atoms with Gasteiger partial charge in [-0.15, -0.1) is 0 Å². The molecule has 3 aliphatic rings. The van der Waals surface area contributed by atoms with Crippen molar-refractivity contribution >= 4 is 53.9 Å². The molecule has 1 N–H and O–H groups in total. The van der Waals surface area contributed by atoms with E-state index in [2.05, 4.69) is 49.1 Å². The van der Waals surface area contributed by atoms with Gasteiger partial charge < -0.3 is 19.2 Å². The fraction of sp³-hybridized carbons (Fsp3) is 0.484. The molecule has 1 aliphatic carbocycles. The number of nitrogens with one attached hydrogen (secondary N) is 1. The predicted molar refractivity (Wildman–Crippen MR) is 171 cm³/mol. The molecule has 11 heteroatoms. The Hall–Kier alpha value is -2.14. The van der Waals surface area contributed by atoms with Gasteiger partial charge in [-0.05, 0) is 72.8 Å². The van der Waals surface area contributed by atoms with E-state index in [-0.39, 0.29) is 29.9 Å². The van der Waals surface area contributed by atoms with E-state index in [0.717, 1.165) is 48.4 Å². The molecule has 3 heterocycles. The lowest BCUT2D eigenvalue weighted by Crippen LogP contribution is -2.44. The van der Waals surface area contributed by atoms with Crippen LogP contribution < -0.4 is 14.8 Å². The summed E-state index contributed by atoms with van der Waals surface area (Å²) in [4.78, 5) is 21.7. The maximum atomic E-state index is 13.6. The molecule has 224 valence electrons. The maximum absolute atomic E-state index is 13.6. The first-order valence-corrected chi connectivity index (χ1v) is 18.9. The van der Waals surface area contributed by atoms with Gasteiger partial charge in [0, 0.05) is 24.2 Å². The van der Waals surface area contributed by atoms with E-state index in [4.69, 9.17) is 37.1 Å². The van der Waals surface area contributed by atoms with Crippen molar-refractivity contribution in [2.45, 2.75) is 75.7 Å². The highest BCUT2D eigenvalue weighted by Gasteiger charge is 2.52. The van der Waals surface area contributed by atoms with Gasteiger partial charge >= 0.3 is 0 Å². The minimum atomic E-state index is -1.91. The van der Waals surface area contributed by atoms with Crippen molar-refractivity contribution in [2.75, 3.05) is 25.2 Å². The quantitative estimate of drug-likeness (QED) is 0.250. The van der Waals surface area contributed by atoms with Crippen molar-refractivity contribution in [3.05, 3.63) is 68.6 Å². The average molecular weight is 647 g/mol. The van der Waals surface area contributed by atoms with Gasteiger partial charge in [-0.25, -0.2) is 4.98 Å². The zero-order valence-electron chi connectivity index (χ0n) is 24.6. The van der Waals surface area contributed by atoms with Gasteiger partial charge in [-0.3, -0.25) is 9.69 Å². The number of hydrogen-bond donors (Lipinski definition) is 1. The Kier molecular flexibility index (Phi) is 7.90. The van der Waals surface area contributed by atoms with Crippen molar-refractivity contribution < 1.29 is 18.7 Å². The molecule has 0 radical (unpaired) electrons. The molecule has 0 spiro atoms. The number of aromatic nitrogens is 1. The predicted octanol–water partition coefficient (Wildman–Crippen LogP) is 8.03. The average Bonchev–Trinajstić information content (AvgIpc) is 3.22. The summed E-state index contributed by atoms with van der Waals surface area (Å²) in [7, 11) is -1.91. The third kappa shape index (κ3) is 5.72. The molecule has 1 saturated carbocycles. The van der Waals surface area contributed by atoms with E-state index in [9.17, 15) is 4.79 Å². The fourth-order valence-corrected chi connectivity index (χ4v) is 8.23. The zero-order chi connectivity index (χ0) is 29.9. The number of likely N-dealkylation sites (tertiary alicyclic amines) is 1. The molecule has 1 saturated heterocycles. The Bertz CT molecular complexity index is 1500. The first-order chi connectivity index (χ1) is 19.9. The highest BCUT2D eigenvalue weighted by atomic mass is 35.5. The van der Waals surface area contributed by atoms with Crippen LogP contribution in [-0.2, 0) is 14.6 Å². The highest BCUT2D eigenvalue weighted by molar-refractivity contribution is 7.15. The number of carbonyl (C=O) groups is 1. The molecule has 2 atom stereocenters. The summed E-state index contributed by atoms with van der Waals surface area (Å²) >= 11 is 14.3. The molecule has 3 aromatic rings. The number of amides is 1. The van der Waals surface area contributed by atoms with Crippen molar-refractivity contribution in [1.82, 2.24) is 9.88 Å². The van der Waals surface area contributed by atoms with E-state index < -0.39 is 13.7 Å². The van der Waals surface area contributed by atoms with Gasteiger partial charge in [-0.1, -0.05) is 67.4 Å². The van der Waals surface area contributed by atoms with Gasteiger partial charge in [0.05, 0.1) is 27.6 Å². The van der Waals surface area contributed by atoms with E-state index >= 15 is 0 Å². The Morgan fingerprint density at radius 2 is 1.90 bits per heavy atom. The molecular formula is C31H37Cl2N3O4SSi. The molecule has 1 amide bonds. The van der Waals surface area contributed by atoms with Crippen LogP contribution in [0.2, 0.25) is 28.2 Å². The van der Waals surface area contributed by atoms with Crippen LogP contribution in [0.5, 0.6) is 11.5 Å². The number of thiazole rings is 1. The third-order valence-electron chi connectivity index (χ3n) is 9.19. The Morgan fingerprint density at radius 3 is 2.62 bits per heavy atom. The summed E-state index contributed by atoms with van der Waals surface area (Å²) in [5.74, 6) is 1.36. The fourth-order valence-electron chi connectivity index (χ4n) is 5.57. The zero-order valence-corrected chi connectivity index (χ0v) is 28.0. The Labute approximate surface area is 262 Å². The molecule has 2 fully saturated rings. The molecular weight excluding hydrogens is 609 g/mol. The van der Waals surface area contributed by atoms with Crippen LogP contribution in [0.3, 0.4) is 0 Å². The summed E-state index contributed by atoms with van der Waals surface area (Å²) in [6.45, 7) is 13.3. The topological polar surface area (TPSA) is 72.9 Å². The molecule has 2 aromatic carbocycles. The monoisotopic (exact) mass is 645 g/mol. The number of rotatable bonds is 8. The number of carbonyl (C=O) groups excluding carboxylic acids is 1.